The Bertz CT molecular complexity index is 1230. The molecule has 0 saturated carbocycles. The van der Waals surface area contributed by atoms with Crippen LogP contribution < -0.4 is 14.8 Å². The van der Waals surface area contributed by atoms with Crippen molar-refractivity contribution in [3.8, 4) is 11.5 Å². The van der Waals surface area contributed by atoms with E-state index >= 15 is 0 Å². The number of morpholine rings is 1. The van der Waals surface area contributed by atoms with Crippen molar-refractivity contribution >= 4 is 29.1 Å². The summed E-state index contributed by atoms with van der Waals surface area (Å²) >= 11 is 12.5. The second-order valence-electron chi connectivity index (χ2n) is 8.90. The molecule has 0 spiro atoms. The molecule has 9 nitrogen and oxygen atoms in total. The molecule has 2 aliphatic rings. The Hall–Kier alpha value is -2.82. The third-order valence-corrected chi connectivity index (χ3v) is 6.80. The zero-order valence-electron chi connectivity index (χ0n) is 20.3. The first-order valence-electron chi connectivity index (χ1n) is 12.1. The number of nitrogens with one attached hydrogen (secondary N) is 1. The Labute approximate surface area is 225 Å². The normalized spacial score (nSPS) is 15.3. The van der Waals surface area contributed by atoms with E-state index in [-0.39, 0.29) is 18.4 Å². The van der Waals surface area contributed by atoms with E-state index in [2.05, 4.69) is 20.1 Å². The molecule has 196 valence electrons. The van der Waals surface area contributed by atoms with E-state index in [1.807, 2.05) is 30.3 Å². The molecule has 2 aromatic carbocycles. The molecule has 0 unspecified atom stereocenters. The first-order chi connectivity index (χ1) is 18.0. The Balaban J connectivity index is 1.24. The quantitative estimate of drug-likeness (QED) is 0.408. The number of oxazole rings is 1. The van der Waals surface area contributed by atoms with Gasteiger partial charge in [-0.1, -0.05) is 35.3 Å². The number of aromatic nitrogens is 1. The molecule has 0 atom stereocenters. The number of amides is 1. The summed E-state index contributed by atoms with van der Waals surface area (Å²) in [7, 11) is 0. The van der Waals surface area contributed by atoms with E-state index in [4.69, 9.17) is 41.8 Å². The minimum Gasteiger partial charge on any atom is -0.454 e. The van der Waals surface area contributed by atoms with Gasteiger partial charge in [0.25, 0.3) is 5.91 Å². The van der Waals surface area contributed by atoms with Crippen molar-refractivity contribution in [1.82, 2.24) is 20.1 Å². The lowest BCUT2D eigenvalue weighted by atomic mass is 10.1. The van der Waals surface area contributed by atoms with E-state index in [1.54, 1.807) is 6.07 Å². The monoisotopic (exact) mass is 546 g/mol. The highest BCUT2D eigenvalue weighted by Gasteiger charge is 2.19. The zero-order chi connectivity index (χ0) is 25.6. The molecule has 3 heterocycles. The lowest BCUT2D eigenvalue weighted by molar-refractivity contribution is 0.0383. The molecule has 0 radical (unpaired) electrons. The molecule has 1 fully saturated rings. The highest BCUT2D eigenvalue weighted by molar-refractivity contribution is 6.35. The van der Waals surface area contributed by atoms with Crippen molar-refractivity contribution in [3.63, 3.8) is 0 Å². The molecular formula is C26H28Cl2N4O5. The molecule has 11 heteroatoms. The smallest absolute Gasteiger partial charge is 0.273 e. The van der Waals surface area contributed by atoms with E-state index in [0.717, 1.165) is 49.7 Å². The minimum absolute atomic E-state index is 0.219. The van der Waals surface area contributed by atoms with Crippen LogP contribution in [-0.2, 0) is 24.4 Å². The number of fused-ring (bicyclic) bond motifs is 1. The van der Waals surface area contributed by atoms with Crippen LogP contribution in [0.25, 0.3) is 0 Å². The molecule has 1 amide bonds. The van der Waals surface area contributed by atoms with Gasteiger partial charge in [0.1, 0.15) is 6.26 Å². The van der Waals surface area contributed by atoms with Crippen LogP contribution in [0, 0.1) is 0 Å². The topological polar surface area (TPSA) is 89.3 Å². The summed E-state index contributed by atoms with van der Waals surface area (Å²) in [6.45, 7) is 6.19. The second kappa shape index (κ2) is 12.1. The lowest BCUT2D eigenvalue weighted by Crippen LogP contribution is -2.41. The number of benzene rings is 2. The number of ether oxygens (including phenoxy) is 3. The third kappa shape index (κ3) is 6.94. The van der Waals surface area contributed by atoms with Gasteiger partial charge in [0.2, 0.25) is 12.7 Å². The highest BCUT2D eigenvalue weighted by atomic mass is 35.5. The summed E-state index contributed by atoms with van der Waals surface area (Å²) in [5.41, 5.74) is 2.20. The van der Waals surface area contributed by atoms with Gasteiger partial charge in [-0.15, -0.1) is 0 Å². The first-order valence-corrected chi connectivity index (χ1v) is 12.9. The Kier molecular flexibility index (Phi) is 8.48. The summed E-state index contributed by atoms with van der Waals surface area (Å²) in [6.07, 6.45) is 1.40. The molecule has 2 aliphatic heterocycles. The van der Waals surface area contributed by atoms with Crippen molar-refractivity contribution in [1.29, 1.82) is 0 Å². The average molecular weight is 547 g/mol. The average Bonchev–Trinajstić information content (AvgIpc) is 3.56. The number of carbonyl (C=O) groups is 1. The van der Waals surface area contributed by atoms with Crippen LogP contribution in [0.5, 0.6) is 11.5 Å². The summed E-state index contributed by atoms with van der Waals surface area (Å²) in [6, 6.07) is 11.3. The maximum Gasteiger partial charge on any atom is 0.273 e. The van der Waals surface area contributed by atoms with Crippen LogP contribution in [-0.4, -0.2) is 66.9 Å². The largest absolute Gasteiger partial charge is 0.454 e. The molecular weight excluding hydrogens is 519 g/mol. The number of nitrogens with zero attached hydrogens (tertiary/aromatic N) is 3. The van der Waals surface area contributed by atoms with E-state index in [0.29, 0.717) is 47.9 Å². The second-order valence-corrected chi connectivity index (χ2v) is 9.75. The van der Waals surface area contributed by atoms with Gasteiger partial charge >= 0.3 is 0 Å². The van der Waals surface area contributed by atoms with Crippen LogP contribution >= 0.6 is 23.2 Å². The van der Waals surface area contributed by atoms with Crippen molar-refractivity contribution in [3.05, 3.63) is 75.4 Å². The van der Waals surface area contributed by atoms with Crippen LogP contribution in [0.4, 0.5) is 0 Å². The van der Waals surface area contributed by atoms with E-state index in [9.17, 15) is 4.79 Å². The predicted molar refractivity (Wildman–Crippen MR) is 138 cm³/mol. The van der Waals surface area contributed by atoms with Crippen molar-refractivity contribution in [2.75, 3.05) is 46.2 Å². The standard InChI is InChI=1S/C26H28Cl2N4O5/c27-20-3-2-19(21(28)12-20)14-32(13-18-1-4-23-24(11-18)37-17-36-23)15-25-30-22(16-35-25)26(33)29-5-6-31-7-9-34-10-8-31/h1-4,11-12,16H,5-10,13-15,17H2,(H,29,33). The number of hydrogen-bond acceptors (Lipinski definition) is 8. The third-order valence-electron chi connectivity index (χ3n) is 6.21. The fraction of sp³-hybridized carbons (Fsp3) is 0.385. The maximum absolute atomic E-state index is 12.6. The highest BCUT2D eigenvalue weighted by Crippen LogP contribution is 2.33. The Morgan fingerprint density at radius 1 is 1.03 bits per heavy atom. The van der Waals surface area contributed by atoms with Gasteiger partial charge in [0, 0.05) is 49.3 Å². The van der Waals surface area contributed by atoms with E-state index < -0.39 is 0 Å². The summed E-state index contributed by atoms with van der Waals surface area (Å²) in [5, 5.41) is 4.07. The lowest BCUT2D eigenvalue weighted by Gasteiger charge is -2.26. The fourth-order valence-corrected chi connectivity index (χ4v) is 4.75. The Morgan fingerprint density at radius 2 is 1.86 bits per heavy atom. The van der Waals surface area contributed by atoms with Gasteiger partial charge < -0.3 is 23.9 Å². The molecule has 37 heavy (non-hydrogen) atoms. The number of hydrogen-bond donors (Lipinski definition) is 1. The summed E-state index contributed by atoms with van der Waals surface area (Å²) < 4.78 is 22.0. The molecule has 5 rings (SSSR count). The van der Waals surface area contributed by atoms with Crippen LogP contribution in [0.1, 0.15) is 27.5 Å². The predicted octanol–water partition coefficient (Wildman–Crippen LogP) is 3.97. The van der Waals surface area contributed by atoms with Gasteiger partial charge in [-0.25, -0.2) is 4.98 Å². The fourth-order valence-electron chi connectivity index (χ4n) is 4.28. The van der Waals surface area contributed by atoms with Gasteiger partial charge in [-0.05, 0) is 35.4 Å². The molecule has 1 N–H and O–H groups in total. The summed E-state index contributed by atoms with van der Waals surface area (Å²) in [5.74, 6) is 1.62. The van der Waals surface area contributed by atoms with Gasteiger partial charge in [-0.2, -0.15) is 0 Å². The number of rotatable bonds is 10. The van der Waals surface area contributed by atoms with Crippen LogP contribution in [0.15, 0.2) is 47.1 Å². The molecule has 0 bridgehead atoms. The molecule has 0 aliphatic carbocycles. The van der Waals surface area contributed by atoms with Crippen molar-refractivity contribution in [2.24, 2.45) is 0 Å². The molecule has 1 aromatic heterocycles. The van der Waals surface area contributed by atoms with Gasteiger partial charge in [0.15, 0.2) is 17.2 Å². The maximum atomic E-state index is 12.6. The van der Waals surface area contributed by atoms with Gasteiger partial charge in [0.05, 0.1) is 19.8 Å². The first kappa shape index (κ1) is 25.8. The number of carbonyl (C=O) groups excluding carboxylic acids is 1. The SMILES string of the molecule is O=C(NCCN1CCOCC1)c1coc(CN(Cc2ccc3c(c2)OCO3)Cc2ccc(Cl)cc2Cl)n1. The van der Waals surface area contributed by atoms with E-state index in [1.165, 1.54) is 6.26 Å². The zero-order valence-corrected chi connectivity index (χ0v) is 21.8. The van der Waals surface area contributed by atoms with Crippen molar-refractivity contribution in [2.45, 2.75) is 19.6 Å². The number of halogens is 2. The van der Waals surface area contributed by atoms with Gasteiger partial charge in [-0.3, -0.25) is 14.6 Å². The van der Waals surface area contributed by atoms with Crippen molar-refractivity contribution < 1.29 is 23.4 Å². The summed E-state index contributed by atoms with van der Waals surface area (Å²) in [4.78, 5) is 21.4. The van der Waals surface area contributed by atoms with Crippen LogP contribution in [0.2, 0.25) is 10.0 Å². The minimum atomic E-state index is -0.258. The van der Waals surface area contributed by atoms with Crippen LogP contribution in [0.3, 0.4) is 0 Å². The molecule has 1 saturated heterocycles. The Morgan fingerprint density at radius 3 is 2.70 bits per heavy atom. The molecule has 3 aromatic rings.